The van der Waals surface area contributed by atoms with E-state index in [0.29, 0.717) is 0 Å². The van der Waals surface area contributed by atoms with Gasteiger partial charge in [-0.3, -0.25) is 9.59 Å². The maximum Gasteiger partial charge on any atom is 0.308 e. The number of fused-ring (bicyclic) bond motifs is 2. The number of ether oxygens (including phenoxy) is 7. The quantitative estimate of drug-likeness (QED) is 0.0810. The molecule has 5 aliphatic rings. The van der Waals surface area contributed by atoms with E-state index in [1.165, 1.54) is 19.1 Å². The highest BCUT2D eigenvalue weighted by molar-refractivity contribution is 5.80. The molecule has 5 heterocycles. The van der Waals surface area contributed by atoms with E-state index in [0.717, 1.165) is 0 Å². The second-order valence-corrected chi connectivity index (χ2v) is 24.6. The summed E-state index contributed by atoms with van der Waals surface area (Å²) in [6.07, 6.45) is -16.7. The number of esters is 1. The molecule has 0 aromatic heterocycles. The first-order valence-electron chi connectivity index (χ1n) is 31.1. The van der Waals surface area contributed by atoms with E-state index in [9.17, 15) is 107 Å². The Kier molecular flexibility index (Phi) is 32.2. The molecule has 0 radical (unpaired) electrons. The summed E-state index contributed by atoms with van der Waals surface area (Å²) in [5.41, 5.74) is 0. The van der Waals surface area contributed by atoms with Gasteiger partial charge in [0.1, 0.15) is 54.9 Å². The summed E-state index contributed by atoms with van der Waals surface area (Å²) in [4.78, 5) is 26.7. The van der Waals surface area contributed by atoms with E-state index in [-0.39, 0.29) is 25.2 Å². The number of cyclic esters (lactones) is 1. The number of hydrogen-bond donors (Lipinski definition) is 21. The molecule has 5 unspecified atom stereocenters. The van der Waals surface area contributed by atoms with Crippen molar-refractivity contribution in [2.24, 2.45) is 17.8 Å². The monoisotopic (exact) mass is 1320 g/mol. The topological polar surface area (TPSA) is 507 Å². The van der Waals surface area contributed by atoms with Gasteiger partial charge >= 0.3 is 5.97 Å². The fourth-order valence-corrected chi connectivity index (χ4v) is 11.4. The van der Waals surface area contributed by atoms with Crippen LogP contribution < -0.4 is 10.6 Å². The lowest BCUT2D eigenvalue weighted by atomic mass is 9.82. The van der Waals surface area contributed by atoms with Gasteiger partial charge in [0, 0.05) is 44.1 Å². The van der Waals surface area contributed by atoms with E-state index in [2.05, 4.69) is 10.6 Å². The zero-order valence-corrected chi connectivity index (χ0v) is 52.0. The molecule has 21 N–H and O–H groups in total. The van der Waals surface area contributed by atoms with E-state index < -0.39 is 247 Å². The first-order valence-corrected chi connectivity index (χ1v) is 31.1. The summed E-state index contributed by atoms with van der Waals surface area (Å²) in [6.45, 7) is 2.91. The third-order valence-electron chi connectivity index (χ3n) is 17.1. The zero-order chi connectivity index (χ0) is 68.2. The Morgan fingerprint density at radius 2 is 1.24 bits per heavy atom. The van der Waals surface area contributed by atoms with Crippen LogP contribution in [0.3, 0.4) is 0 Å². The molecular weight excluding hydrogens is 1220 g/mol. The van der Waals surface area contributed by atoms with Gasteiger partial charge < -0.3 is 141 Å². The van der Waals surface area contributed by atoms with Crippen LogP contribution in [0.5, 0.6) is 0 Å². The van der Waals surface area contributed by atoms with E-state index in [1.807, 2.05) is 0 Å². The normalized spacial score (nSPS) is 46.1. The highest BCUT2D eigenvalue weighted by Crippen LogP contribution is 2.39. The molecular formula is C62H100N2O28. The molecule has 0 aromatic rings. The van der Waals surface area contributed by atoms with Gasteiger partial charge in [0.2, 0.25) is 11.7 Å². The summed E-state index contributed by atoms with van der Waals surface area (Å²) in [5, 5.41) is 212. The highest BCUT2D eigenvalue weighted by Gasteiger charge is 2.55. The van der Waals surface area contributed by atoms with Crippen LogP contribution in [0, 0.1) is 17.8 Å². The molecule has 30 heteroatoms. The Labute approximate surface area is 533 Å². The number of aliphatic hydroxyl groups excluding tert-OH is 17. The van der Waals surface area contributed by atoms with Crippen molar-refractivity contribution in [3.63, 3.8) is 0 Å². The van der Waals surface area contributed by atoms with Gasteiger partial charge in [-0.05, 0) is 33.1 Å². The van der Waals surface area contributed by atoms with Crippen molar-refractivity contribution < 1.29 is 140 Å². The molecule has 0 aromatic carbocycles. The molecule has 4 fully saturated rings. The maximum absolute atomic E-state index is 14.0. The summed E-state index contributed by atoms with van der Waals surface area (Å²) in [6, 6.07) is -1.51. The molecule has 5 rings (SSSR count). The molecule has 0 aliphatic carbocycles. The van der Waals surface area contributed by atoms with E-state index in [1.54, 1.807) is 93.7 Å². The lowest BCUT2D eigenvalue weighted by Gasteiger charge is -2.48. The number of aliphatic hydroxyl groups is 19. The van der Waals surface area contributed by atoms with E-state index >= 15 is 0 Å². The Balaban J connectivity index is 1.42. The molecule has 5 aliphatic heterocycles. The summed E-state index contributed by atoms with van der Waals surface area (Å²) in [5.74, 6) is -9.33. The standard InChI is InChI=1S/C62H100N2O28/c1-32-17-15-13-11-9-7-5-6-8-10-12-14-16-18-40(89-59-53(79)49(51(77)35(4)88-59)64-31-62(85)57(82)56(44(74)30-86-62)91-60-55(81)54(80)52(78)46(29-66)90-60)24-45-48(58(83)63-27-39(70)28-65)43(73)26-61(84,92-45)25-38(69)22-42(72)41(71)20-19-36(67)21-37(68)23-47(75)87-34(3)33(2)50(32)76/h5-18,32-46,48-57,59-60,64-74,76-82,84-85H,19-31H2,1-4H3,(H,63,83)/b6-5+,9-7+,10-8+,13-11+,14-12+,17-15-,18-16+/t32-,33?,34-,35+,36+,37+,38-,39?,40-,41-,42+,43-,44+,45?,46+,48?,49-,50+,51+,52+,53-,54-,55+,56+,57-,59-,60?,61+,62+/m0/s1. The van der Waals surface area contributed by atoms with Gasteiger partial charge in [-0.2, -0.15) is 0 Å². The van der Waals surface area contributed by atoms with Crippen LogP contribution in [0.25, 0.3) is 0 Å². The summed E-state index contributed by atoms with van der Waals surface area (Å²) in [7, 11) is 0. The first kappa shape index (κ1) is 78.8. The number of amides is 1. The molecule has 92 heavy (non-hydrogen) atoms. The molecule has 1 amide bonds. The van der Waals surface area contributed by atoms with Crippen molar-refractivity contribution in [2.45, 2.75) is 237 Å². The van der Waals surface area contributed by atoms with Crippen molar-refractivity contribution in [1.82, 2.24) is 10.6 Å². The Morgan fingerprint density at radius 3 is 1.86 bits per heavy atom. The van der Waals surface area contributed by atoms with Gasteiger partial charge in [-0.15, -0.1) is 0 Å². The number of carbonyl (C=O) groups is 2. The first-order chi connectivity index (χ1) is 43.4. The number of carbonyl (C=O) groups excluding carboxylic acids is 2. The van der Waals surface area contributed by atoms with Crippen LogP contribution in [-0.4, -0.2) is 300 Å². The number of allylic oxidation sites excluding steroid dienone is 12. The van der Waals surface area contributed by atoms with Crippen LogP contribution in [0.1, 0.15) is 79.1 Å². The molecule has 0 saturated carbocycles. The minimum Gasteiger partial charge on any atom is -0.462 e. The molecule has 2 bridgehead atoms. The number of rotatable bonds is 12. The molecule has 30 nitrogen and oxygen atoms in total. The molecule has 0 spiro atoms. The maximum atomic E-state index is 14.0. The molecule has 4 saturated heterocycles. The summed E-state index contributed by atoms with van der Waals surface area (Å²) >= 11 is 0. The summed E-state index contributed by atoms with van der Waals surface area (Å²) < 4.78 is 40.4. The predicted molar refractivity (Wildman–Crippen MR) is 321 cm³/mol. The average Bonchev–Trinajstić information content (AvgIpc) is 0.835. The fraction of sp³-hybridized carbons (Fsp3) is 0.742. The second kappa shape index (κ2) is 37.6. The second-order valence-electron chi connectivity index (χ2n) is 24.6. The van der Waals surface area contributed by atoms with Gasteiger partial charge in [-0.25, -0.2) is 0 Å². The van der Waals surface area contributed by atoms with Gasteiger partial charge in [0.25, 0.3) is 0 Å². The van der Waals surface area contributed by atoms with Crippen LogP contribution in [-0.2, 0) is 42.7 Å². The minimum absolute atomic E-state index is 0.179. The lowest BCUT2D eigenvalue weighted by molar-refractivity contribution is -0.368. The number of hydrogen-bond acceptors (Lipinski definition) is 29. The zero-order valence-electron chi connectivity index (χ0n) is 52.0. The van der Waals surface area contributed by atoms with Crippen molar-refractivity contribution >= 4 is 11.9 Å². The largest absolute Gasteiger partial charge is 0.462 e. The Morgan fingerprint density at radius 1 is 0.630 bits per heavy atom. The number of nitrogens with one attached hydrogen (secondary N) is 2. The fourth-order valence-electron chi connectivity index (χ4n) is 11.4. The highest BCUT2D eigenvalue weighted by atomic mass is 16.7. The lowest BCUT2D eigenvalue weighted by Crippen LogP contribution is -2.70. The van der Waals surface area contributed by atoms with Gasteiger partial charge in [0.05, 0.1) is 118 Å². The Bertz CT molecular complexity index is 2430. The van der Waals surface area contributed by atoms with Crippen molar-refractivity contribution in [3.8, 4) is 0 Å². The van der Waals surface area contributed by atoms with E-state index in [4.69, 9.17) is 33.2 Å². The smallest absolute Gasteiger partial charge is 0.308 e. The third kappa shape index (κ3) is 23.1. The molecule has 29 atom stereocenters. The Hall–Kier alpha value is -3.92. The van der Waals surface area contributed by atoms with Crippen LogP contribution in [0.2, 0.25) is 0 Å². The predicted octanol–water partition coefficient (Wildman–Crippen LogP) is -5.65. The van der Waals surface area contributed by atoms with Crippen LogP contribution in [0.15, 0.2) is 85.1 Å². The average molecular weight is 1320 g/mol. The van der Waals surface area contributed by atoms with Crippen molar-refractivity contribution in [2.75, 3.05) is 32.9 Å². The third-order valence-corrected chi connectivity index (χ3v) is 17.1. The van der Waals surface area contributed by atoms with Crippen molar-refractivity contribution in [1.29, 1.82) is 0 Å². The SMILES string of the molecule is CC1[C@H](C)OC(=O)C[C@H](O)C[C@H](O)CC[C@H](O)[C@H](O)C[C@H](O)C[C@]2(O)C[C@H](O)C(C(=O)NCC(O)CO)C(C[C@@H](O[C@@H]3O[C@H](C)[C@@H](O)[C@H](NC[C@@]4(O)OC[C@@H](O)[C@@H](OC5O[C@H](CO)[C@@H](O)[C@H](O)[C@H]5O)[C@@H]4O)[C@@H]3O)/C=C/C=C/C=C/C=C/C=C/C=C/C=C\[C@H](C)[C@H]1O)O2. The molecule has 526 valence electrons. The van der Waals surface area contributed by atoms with Gasteiger partial charge in [-0.1, -0.05) is 98.9 Å². The minimum atomic E-state index is -2.70. The van der Waals surface area contributed by atoms with Gasteiger partial charge in [0.15, 0.2) is 18.4 Å². The van der Waals surface area contributed by atoms with Crippen molar-refractivity contribution in [3.05, 3.63) is 85.1 Å². The van der Waals surface area contributed by atoms with Crippen LogP contribution in [0.4, 0.5) is 0 Å². The van der Waals surface area contributed by atoms with Crippen LogP contribution >= 0.6 is 0 Å².